The first-order chi connectivity index (χ1) is 6.33. The topological polar surface area (TPSA) is 70.8 Å². The van der Waals surface area contributed by atoms with Crippen molar-refractivity contribution in [2.45, 2.75) is 13.0 Å². The van der Waals surface area contributed by atoms with Gasteiger partial charge in [-0.15, -0.1) is 0 Å². The van der Waals surface area contributed by atoms with Gasteiger partial charge in [0.15, 0.2) is 5.43 Å². The summed E-state index contributed by atoms with van der Waals surface area (Å²) in [7, 11) is 0. The predicted octanol–water partition coefficient (Wildman–Crippen LogP) is 1.55. The average molecular weight is 178 g/mol. The molecule has 0 spiro atoms. The van der Waals surface area contributed by atoms with Crippen LogP contribution in [0.4, 0.5) is 0 Å². The van der Waals surface area contributed by atoms with Crippen LogP contribution in [-0.4, -0.2) is 11.1 Å². The number of rotatable bonds is 4. The van der Waals surface area contributed by atoms with Crippen LogP contribution in [0.15, 0.2) is 34.4 Å². The quantitative estimate of drug-likeness (QED) is 0.298. The summed E-state index contributed by atoms with van der Waals surface area (Å²) in [4.78, 5) is 13.4. The van der Waals surface area contributed by atoms with E-state index in [4.69, 9.17) is 5.53 Å². The van der Waals surface area contributed by atoms with Gasteiger partial charge in [0.2, 0.25) is 0 Å². The molecular formula is C8H10N4O. The van der Waals surface area contributed by atoms with Gasteiger partial charge in [-0.2, -0.15) is 0 Å². The first-order valence-corrected chi connectivity index (χ1v) is 4.00. The van der Waals surface area contributed by atoms with Gasteiger partial charge in [0, 0.05) is 42.5 Å². The molecule has 1 aromatic rings. The van der Waals surface area contributed by atoms with E-state index in [9.17, 15) is 4.79 Å². The number of aromatic nitrogens is 1. The molecule has 5 nitrogen and oxygen atoms in total. The first kappa shape index (κ1) is 9.35. The molecular weight excluding hydrogens is 168 g/mol. The molecule has 0 aliphatic rings. The van der Waals surface area contributed by atoms with Crippen LogP contribution in [0.3, 0.4) is 0 Å². The average Bonchev–Trinajstić information content (AvgIpc) is 2.15. The molecule has 0 N–H and O–H groups in total. The van der Waals surface area contributed by atoms with Crippen LogP contribution in [0.1, 0.15) is 6.42 Å². The molecule has 68 valence electrons. The zero-order valence-electron chi connectivity index (χ0n) is 7.13. The van der Waals surface area contributed by atoms with E-state index in [0.29, 0.717) is 6.54 Å². The van der Waals surface area contributed by atoms with E-state index in [1.807, 2.05) is 4.57 Å². The highest BCUT2D eigenvalue weighted by Crippen LogP contribution is 1.90. The Balaban J connectivity index is 2.41. The standard InChI is InChI=1S/C8H10N4O/c9-11-10-4-1-5-12-6-2-8(13)3-7-12/h2-3,6-7H,1,4-5H2. The second-order valence-electron chi connectivity index (χ2n) is 2.58. The van der Waals surface area contributed by atoms with Crippen molar-refractivity contribution >= 4 is 0 Å². The Morgan fingerprint density at radius 1 is 1.46 bits per heavy atom. The molecule has 5 heteroatoms. The number of aryl methyl sites for hydroxylation is 1. The lowest BCUT2D eigenvalue weighted by Gasteiger charge is -2.02. The van der Waals surface area contributed by atoms with E-state index < -0.39 is 0 Å². The molecule has 1 aromatic heterocycles. The van der Waals surface area contributed by atoms with Gasteiger partial charge in [-0.05, 0) is 12.0 Å². The number of nitrogens with zero attached hydrogens (tertiary/aromatic N) is 4. The van der Waals surface area contributed by atoms with Crippen molar-refractivity contribution in [3.8, 4) is 0 Å². The Labute approximate surface area is 75.3 Å². The van der Waals surface area contributed by atoms with Crippen LogP contribution < -0.4 is 5.43 Å². The Morgan fingerprint density at radius 2 is 2.15 bits per heavy atom. The maximum atomic E-state index is 10.7. The maximum Gasteiger partial charge on any atom is 0.181 e. The van der Waals surface area contributed by atoms with Crippen molar-refractivity contribution in [3.63, 3.8) is 0 Å². The first-order valence-electron chi connectivity index (χ1n) is 4.00. The molecule has 0 saturated carbocycles. The zero-order chi connectivity index (χ0) is 9.52. The Kier molecular flexibility index (Phi) is 3.60. The number of hydrogen-bond acceptors (Lipinski definition) is 2. The molecule has 0 aliphatic heterocycles. The summed E-state index contributed by atoms with van der Waals surface area (Å²) < 4.78 is 1.88. The van der Waals surface area contributed by atoms with Gasteiger partial charge < -0.3 is 4.57 Å². The summed E-state index contributed by atoms with van der Waals surface area (Å²) in [6.45, 7) is 1.25. The van der Waals surface area contributed by atoms with Gasteiger partial charge in [0.05, 0.1) is 0 Å². The molecule has 0 radical (unpaired) electrons. The highest BCUT2D eigenvalue weighted by Gasteiger charge is 1.88. The highest BCUT2D eigenvalue weighted by atomic mass is 16.1. The molecule has 0 bridgehead atoms. The Bertz CT molecular complexity index is 344. The van der Waals surface area contributed by atoms with E-state index in [1.165, 1.54) is 12.1 Å². The summed E-state index contributed by atoms with van der Waals surface area (Å²) in [6, 6.07) is 3.02. The third-order valence-electron chi connectivity index (χ3n) is 1.60. The number of azide groups is 1. The third kappa shape index (κ3) is 3.44. The zero-order valence-corrected chi connectivity index (χ0v) is 7.13. The molecule has 1 heterocycles. The fraction of sp³-hybridized carbons (Fsp3) is 0.375. The van der Waals surface area contributed by atoms with E-state index >= 15 is 0 Å². The van der Waals surface area contributed by atoms with E-state index in [0.717, 1.165) is 13.0 Å². The van der Waals surface area contributed by atoms with E-state index in [1.54, 1.807) is 12.4 Å². The predicted molar refractivity (Wildman–Crippen MR) is 49.3 cm³/mol. The van der Waals surface area contributed by atoms with Gasteiger partial charge in [0.25, 0.3) is 0 Å². The molecule has 0 saturated heterocycles. The summed E-state index contributed by atoms with van der Waals surface area (Å²) in [5.74, 6) is 0. The van der Waals surface area contributed by atoms with Crippen molar-refractivity contribution in [1.82, 2.24) is 4.57 Å². The van der Waals surface area contributed by atoms with Gasteiger partial charge in [-0.3, -0.25) is 4.79 Å². The minimum Gasteiger partial charge on any atom is -0.354 e. The van der Waals surface area contributed by atoms with Crippen LogP contribution in [0.5, 0.6) is 0 Å². The molecule has 0 atom stereocenters. The lowest BCUT2D eigenvalue weighted by molar-refractivity contribution is 0.645. The Hall–Kier alpha value is -1.74. The largest absolute Gasteiger partial charge is 0.354 e. The molecule has 0 fully saturated rings. The molecule has 1 rings (SSSR count). The minimum atomic E-state index is 0.00583. The van der Waals surface area contributed by atoms with Gasteiger partial charge in [-0.25, -0.2) is 0 Å². The second kappa shape index (κ2) is 5.00. The summed E-state index contributed by atoms with van der Waals surface area (Å²) in [5, 5.41) is 3.41. The van der Waals surface area contributed by atoms with Gasteiger partial charge in [-0.1, -0.05) is 5.11 Å². The SMILES string of the molecule is [N-]=[N+]=NCCCn1ccc(=O)cc1. The van der Waals surface area contributed by atoms with Gasteiger partial charge in [0.1, 0.15) is 0 Å². The smallest absolute Gasteiger partial charge is 0.181 e. The van der Waals surface area contributed by atoms with Crippen LogP contribution in [0.2, 0.25) is 0 Å². The molecule has 0 aromatic carbocycles. The molecule has 13 heavy (non-hydrogen) atoms. The second-order valence-corrected chi connectivity index (χ2v) is 2.58. The van der Waals surface area contributed by atoms with Crippen molar-refractivity contribution in [3.05, 3.63) is 45.2 Å². The fourth-order valence-electron chi connectivity index (χ4n) is 0.961. The van der Waals surface area contributed by atoms with E-state index in [-0.39, 0.29) is 5.43 Å². The van der Waals surface area contributed by atoms with Crippen LogP contribution in [0, 0.1) is 0 Å². The van der Waals surface area contributed by atoms with Crippen molar-refractivity contribution in [2.24, 2.45) is 5.11 Å². The van der Waals surface area contributed by atoms with Crippen LogP contribution >= 0.6 is 0 Å². The molecule has 0 unspecified atom stereocenters. The lowest BCUT2D eigenvalue weighted by Crippen LogP contribution is -2.04. The van der Waals surface area contributed by atoms with Crippen molar-refractivity contribution in [2.75, 3.05) is 6.54 Å². The molecule has 0 aliphatic carbocycles. The summed E-state index contributed by atoms with van der Waals surface area (Å²) in [6.07, 6.45) is 4.23. The number of hydrogen-bond donors (Lipinski definition) is 0. The van der Waals surface area contributed by atoms with Crippen LogP contribution in [0.25, 0.3) is 10.4 Å². The fourth-order valence-corrected chi connectivity index (χ4v) is 0.961. The van der Waals surface area contributed by atoms with E-state index in [2.05, 4.69) is 10.0 Å². The minimum absolute atomic E-state index is 0.00583. The number of pyridine rings is 1. The highest BCUT2D eigenvalue weighted by molar-refractivity contribution is 4.93. The lowest BCUT2D eigenvalue weighted by atomic mass is 10.4. The van der Waals surface area contributed by atoms with Crippen molar-refractivity contribution in [1.29, 1.82) is 0 Å². The Morgan fingerprint density at radius 3 is 2.77 bits per heavy atom. The monoisotopic (exact) mass is 178 g/mol. The van der Waals surface area contributed by atoms with Crippen molar-refractivity contribution < 1.29 is 0 Å². The molecule has 0 amide bonds. The summed E-state index contributed by atoms with van der Waals surface area (Å²) in [5.41, 5.74) is 8.02. The third-order valence-corrected chi connectivity index (χ3v) is 1.60. The normalized spacial score (nSPS) is 9.23. The van der Waals surface area contributed by atoms with Crippen LogP contribution in [-0.2, 0) is 6.54 Å². The van der Waals surface area contributed by atoms with Gasteiger partial charge >= 0.3 is 0 Å². The maximum absolute atomic E-state index is 10.7. The summed E-state index contributed by atoms with van der Waals surface area (Å²) >= 11 is 0.